The summed E-state index contributed by atoms with van der Waals surface area (Å²) in [6, 6.07) is 5.18. The van der Waals surface area contributed by atoms with Crippen molar-refractivity contribution in [2.75, 3.05) is 27.3 Å². The van der Waals surface area contributed by atoms with Crippen molar-refractivity contribution in [3.63, 3.8) is 0 Å². The Bertz CT molecular complexity index is 416. The number of hydrogen-bond donors (Lipinski definition) is 1. The van der Waals surface area contributed by atoms with Crippen molar-refractivity contribution in [3.05, 3.63) is 35.1 Å². The fourth-order valence-corrected chi connectivity index (χ4v) is 2.49. The molecule has 1 saturated heterocycles. The third kappa shape index (κ3) is 3.30. The maximum absolute atomic E-state index is 13.9. The molecular weight excluding hydrogens is 247 g/mol. The van der Waals surface area contributed by atoms with Crippen LogP contribution in [0, 0.1) is 5.82 Å². The van der Waals surface area contributed by atoms with Gasteiger partial charge in [-0.15, -0.1) is 0 Å². The molecule has 106 valence electrons. The summed E-state index contributed by atoms with van der Waals surface area (Å²) < 4.78 is 24.6. The molecule has 1 aliphatic rings. The van der Waals surface area contributed by atoms with Crippen LogP contribution in [0.3, 0.4) is 0 Å². The molecule has 0 aromatic heterocycles. The van der Waals surface area contributed by atoms with Crippen LogP contribution in [0.15, 0.2) is 18.2 Å². The highest BCUT2D eigenvalue weighted by molar-refractivity contribution is 5.24. The molecule has 0 aliphatic carbocycles. The van der Waals surface area contributed by atoms with E-state index in [1.807, 2.05) is 6.07 Å². The van der Waals surface area contributed by atoms with Gasteiger partial charge in [-0.1, -0.05) is 12.1 Å². The van der Waals surface area contributed by atoms with Gasteiger partial charge in [0.2, 0.25) is 0 Å². The van der Waals surface area contributed by atoms with Crippen LogP contribution in [-0.4, -0.2) is 44.4 Å². The molecule has 1 fully saturated rings. The molecule has 0 amide bonds. The first kappa shape index (κ1) is 14.4. The Morgan fingerprint density at radius 2 is 1.89 bits per heavy atom. The Morgan fingerprint density at radius 3 is 2.37 bits per heavy atom. The molecule has 2 atom stereocenters. The van der Waals surface area contributed by atoms with Crippen molar-refractivity contribution in [1.29, 1.82) is 0 Å². The van der Waals surface area contributed by atoms with Gasteiger partial charge >= 0.3 is 0 Å². The Kier molecular flexibility index (Phi) is 4.87. The van der Waals surface area contributed by atoms with Crippen LogP contribution in [0.25, 0.3) is 0 Å². The molecule has 0 spiro atoms. The smallest absolute Gasteiger partial charge is 0.128 e. The fraction of sp³-hybridized carbons (Fsp3) is 0.571. The van der Waals surface area contributed by atoms with Crippen LogP contribution in [0.4, 0.5) is 4.39 Å². The summed E-state index contributed by atoms with van der Waals surface area (Å²) in [5.74, 6) is -0.196. The fourth-order valence-electron chi connectivity index (χ4n) is 2.49. The molecule has 2 unspecified atom stereocenters. The number of nitrogens with two attached hydrogens (primary N) is 1. The molecule has 19 heavy (non-hydrogen) atoms. The molecular formula is C14H21FN2O2. The molecule has 4 nitrogen and oxygen atoms in total. The number of likely N-dealkylation sites (tertiary alicyclic amines) is 1. The first-order valence-corrected chi connectivity index (χ1v) is 6.43. The van der Waals surface area contributed by atoms with Crippen LogP contribution in [0.1, 0.15) is 11.1 Å². The second-order valence-electron chi connectivity index (χ2n) is 4.87. The summed E-state index contributed by atoms with van der Waals surface area (Å²) >= 11 is 0. The molecule has 0 saturated carbocycles. The highest BCUT2D eigenvalue weighted by atomic mass is 19.1. The maximum Gasteiger partial charge on any atom is 0.128 e. The van der Waals surface area contributed by atoms with Gasteiger partial charge in [0.05, 0.1) is 12.2 Å². The van der Waals surface area contributed by atoms with Gasteiger partial charge in [0.25, 0.3) is 0 Å². The summed E-state index contributed by atoms with van der Waals surface area (Å²) in [4.78, 5) is 2.14. The van der Waals surface area contributed by atoms with Crippen molar-refractivity contribution in [2.24, 2.45) is 5.73 Å². The van der Waals surface area contributed by atoms with Gasteiger partial charge < -0.3 is 15.2 Å². The SMILES string of the molecule is COC1CN(Cc2ccc(CN)cc2F)CC1OC. The van der Waals surface area contributed by atoms with E-state index >= 15 is 0 Å². The predicted molar refractivity (Wildman–Crippen MR) is 71.2 cm³/mol. The van der Waals surface area contributed by atoms with Crippen LogP contribution < -0.4 is 5.73 Å². The van der Waals surface area contributed by atoms with E-state index in [0.29, 0.717) is 18.7 Å². The largest absolute Gasteiger partial charge is 0.377 e. The zero-order chi connectivity index (χ0) is 13.8. The Morgan fingerprint density at radius 1 is 1.26 bits per heavy atom. The average molecular weight is 268 g/mol. The lowest BCUT2D eigenvalue weighted by molar-refractivity contribution is -0.00461. The minimum Gasteiger partial charge on any atom is -0.377 e. The number of nitrogens with zero attached hydrogens (tertiary/aromatic N) is 1. The van der Waals surface area contributed by atoms with E-state index in [2.05, 4.69) is 4.90 Å². The van der Waals surface area contributed by atoms with E-state index in [9.17, 15) is 4.39 Å². The average Bonchev–Trinajstić information content (AvgIpc) is 2.83. The molecule has 2 N–H and O–H groups in total. The number of halogens is 1. The first-order valence-electron chi connectivity index (χ1n) is 6.43. The molecule has 0 radical (unpaired) electrons. The van der Waals surface area contributed by atoms with Crippen LogP contribution >= 0.6 is 0 Å². The lowest BCUT2D eigenvalue weighted by atomic mass is 10.1. The summed E-state index contributed by atoms with van der Waals surface area (Å²) in [7, 11) is 3.35. The Labute approximate surface area is 113 Å². The van der Waals surface area contributed by atoms with Crippen molar-refractivity contribution in [1.82, 2.24) is 4.90 Å². The first-order chi connectivity index (χ1) is 9.17. The van der Waals surface area contributed by atoms with E-state index in [4.69, 9.17) is 15.2 Å². The number of hydrogen-bond acceptors (Lipinski definition) is 4. The van der Waals surface area contributed by atoms with Crippen molar-refractivity contribution < 1.29 is 13.9 Å². The summed E-state index contributed by atoms with van der Waals surface area (Å²) in [6.07, 6.45) is 0.104. The second-order valence-corrected chi connectivity index (χ2v) is 4.87. The van der Waals surface area contributed by atoms with Crippen molar-refractivity contribution in [3.8, 4) is 0 Å². The van der Waals surface area contributed by atoms with E-state index < -0.39 is 0 Å². The van der Waals surface area contributed by atoms with Crippen molar-refractivity contribution in [2.45, 2.75) is 25.3 Å². The normalized spacial score (nSPS) is 24.0. The molecule has 1 aromatic carbocycles. The summed E-state index contributed by atoms with van der Waals surface area (Å²) in [5, 5.41) is 0. The number of benzene rings is 1. The van der Waals surface area contributed by atoms with Gasteiger partial charge in [0.15, 0.2) is 0 Å². The Hall–Kier alpha value is -1.01. The number of methoxy groups -OCH3 is 2. The second kappa shape index (κ2) is 6.43. The topological polar surface area (TPSA) is 47.7 Å². The predicted octanol–water partition coefficient (Wildman–Crippen LogP) is 1.13. The highest BCUT2D eigenvalue weighted by Gasteiger charge is 2.32. The monoisotopic (exact) mass is 268 g/mol. The third-order valence-electron chi connectivity index (χ3n) is 3.64. The summed E-state index contributed by atoms with van der Waals surface area (Å²) in [6.45, 7) is 2.44. The standard InChI is InChI=1S/C14H21FN2O2/c1-18-13-8-17(9-14(13)19-2)7-11-4-3-10(6-16)5-12(11)15/h3-5,13-14H,6-9,16H2,1-2H3. The number of ether oxygens (including phenoxy) is 2. The van der Waals surface area contributed by atoms with E-state index in [1.165, 1.54) is 6.07 Å². The van der Waals surface area contributed by atoms with Crippen LogP contribution in [0.2, 0.25) is 0 Å². The van der Waals surface area contributed by atoms with Crippen LogP contribution in [-0.2, 0) is 22.6 Å². The molecule has 1 heterocycles. The zero-order valence-electron chi connectivity index (χ0n) is 11.4. The van der Waals surface area contributed by atoms with Crippen LogP contribution in [0.5, 0.6) is 0 Å². The minimum atomic E-state index is -0.196. The van der Waals surface area contributed by atoms with Gasteiger partial charge in [0.1, 0.15) is 5.82 Å². The van der Waals surface area contributed by atoms with E-state index in [0.717, 1.165) is 18.7 Å². The quantitative estimate of drug-likeness (QED) is 0.869. The highest BCUT2D eigenvalue weighted by Crippen LogP contribution is 2.20. The van der Waals surface area contributed by atoms with Gasteiger partial charge in [0, 0.05) is 46.0 Å². The Balaban J connectivity index is 2.02. The zero-order valence-corrected chi connectivity index (χ0v) is 11.4. The van der Waals surface area contributed by atoms with Crippen molar-refractivity contribution >= 4 is 0 Å². The third-order valence-corrected chi connectivity index (χ3v) is 3.64. The van der Waals surface area contributed by atoms with E-state index in [1.54, 1.807) is 20.3 Å². The van der Waals surface area contributed by atoms with Gasteiger partial charge in [-0.05, 0) is 11.6 Å². The summed E-state index contributed by atoms with van der Waals surface area (Å²) in [5.41, 5.74) is 6.99. The molecule has 2 rings (SSSR count). The lowest BCUT2D eigenvalue weighted by Crippen LogP contribution is -2.27. The molecule has 1 aliphatic heterocycles. The number of rotatable bonds is 5. The molecule has 5 heteroatoms. The van der Waals surface area contributed by atoms with Gasteiger partial charge in [-0.3, -0.25) is 4.90 Å². The van der Waals surface area contributed by atoms with Gasteiger partial charge in [-0.25, -0.2) is 4.39 Å². The molecule has 1 aromatic rings. The lowest BCUT2D eigenvalue weighted by Gasteiger charge is -2.16. The van der Waals surface area contributed by atoms with Gasteiger partial charge in [-0.2, -0.15) is 0 Å². The van der Waals surface area contributed by atoms with E-state index in [-0.39, 0.29) is 18.0 Å². The minimum absolute atomic E-state index is 0.0522. The molecule has 0 bridgehead atoms. The maximum atomic E-state index is 13.9.